The molecular formula is C27H24F6N4O6. The largest absolute Gasteiger partial charge is 0.573 e. The quantitative estimate of drug-likeness (QED) is 0.387. The van der Waals surface area contributed by atoms with Crippen LogP contribution in [-0.2, 0) is 19.9 Å². The Kier molecular flexibility index (Phi) is 7.52. The molecule has 1 spiro atoms. The first-order chi connectivity index (χ1) is 20.1. The summed E-state index contributed by atoms with van der Waals surface area (Å²) >= 11 is 0. The second-order valence-electron chi connectivity index (χ2n) is 10.4. The summed E-state index contributed by atoms with van der Waals surface area (Å²) in [6.07, 6.45) is -8.96. The predicted molar refractivity (Wildman–Crippen MR) is 134 cm³/mol. The van der Waals surface area contributed by atoms with Gasteiger partial charge in [0.15, 0.2) is 0 Å². The van der Waals surface area contributed by atoms with E-state index in [-0.39, 0.29) is 56.0 Å². The van der Waals surface area contributed by atoms with Crippen LogP contribution < -0.4 is 20.1 Å². The van der Waals surface area contributed by atoms with E-state index in [1.54, 1.807) is 0 Å². The molecule has 3 aliphatic heterocycles. The smallest absolute Gasteiger partial charge is 0.457 e. The van der Waals surface area contributed by atoms with Crippen LogP contribution in [0.25, 0.3) is 0 Å². The maximum atomic E-state index is 13.5. The van der Waals surface area contributed by atoms with E-state index in [2.05, 4.69) is 15.4 Å². The normalized spacial score (nSPS) is 22.7. The number of barbiturate groups is 1. The van der Waals surface area contributed by atoms with Gasteiger partial charge in [0.25, 0.3) is 11.8 Å². The summed E-state index contributed by atoms with van der Waals surface area (Å²) in [5, 5.41) is 4.15. The number of halogens is 6. The van der Waals surface area contributed by atoms with Gasteiger partial charge in [-0.1, -0.05) is 12.1 Å². The number of carbonyl (C=O) groups excluding carboxylic acids is 4. The number of rotatable bonds is 5. The molecule has 230 valence electrons. The lowest BCUT2D eigenvalue weighted by Crippen LogP contribution is -2.74. The third-order valence-corrected chi connectivity index (χ3v) is 7.79. The van der Waals surface area contributed by atoms with Gasteiger partial charge in [0.1, 0.15) is 17.2 Å². The van der Waals surface area contributed by atoms with Gasteiger partial charge in [0, 0.05) is 19.6 Å². The molecule has 16 heteroatoms. The Morgan fingerprint density at radius 1 is 0.767 bits per heavy atom. The van der Waals surface area contributed by atoms with Gasteiger partial charge in [0.05, 0.1) is 5.54 Å². The van der Waals surface area contributed by atoms with E-state index in [1.165, 1.54) is 41.3 Å². The van der Waals surface area contributed by atoms with E-state index in [4.69, 9.17) is 4.74 Å². The maximum absolute atomic E-state index is 13.5. The Bertz CT molecular complexity index is 1410. The van der Waals surface area contributed by atoms with Crippen molar-refractivity contribution in [2.45, 2.75) is 49.3 Å². The van der Waals surface area contributed by atoms with E-state index in [0.29, 0.717) is 6.42 Å². The van der Waals surface area contributed by atoms with Crippen molar-refractivity contribution < 1.29 is 55.0 Å². The van der Waals surface area contributed by atoms with Gasteiger partial charge in [0.2, 0.25) is 5.54 Å². The molecule has 5 rings (SSSR count). The highest BCUT2D eigenvalue weighted by molar-refractivity contribution is 6.22. The zero-order valence-corrected chi connectivity index (χ0v) is 22.2. The molecule has 2 N–H and O–H groups in total. The minimum Gasteiger partial charge on any atom is -0.457 e. The Balaban J connectivity index is 1.45. The van der Waals surface area contributed by atoms with Gasteiger partial charge in [-0.15, -0.1) is 13.2 Å². The maximum Gasteiger partial charge on any atom is 0.573 e. The number of hydrogen-bond acceptors (Lipinski definition) is 7. The molecule has 3 saturated heterocycles. The molecule has 3 fully saturated rings. The third-order valence-electron chi connectivity index (χ3n) is 7.79. The zero-order valence-electron chi connectivity index (χ0n) is 22.2. The standard InChI is InChI=1S/C27H24F6N4O6/c28-26(29,30)22(40)37-14-2-12-24(37)11-1-13-36(15-24)25(20(38)34-23(41)35-21(25)39)16-3-5-17(6-4-16)42-18-7-9-19(10-8-18)43-27(31,32)33/h3-10H,1-2,11-15H2,(H2,34,35,38,39,41). The van der Waals surface area contributed by atoms with Crippen molar-refractivity contribution >= 4 is 23.8 Å². The molecule has 0 radical (unpaired) electrons. The van der Waals surface area contributed by atoms with E-state index in [1.807, 2.05) is 0 Å². The fraction of sp³-hybridized carbons (Fsp3) is 0.407. The molecule has 3 aliphatic rings. The van der Waals surface area contributed by atoms with Crippen LogP contribution in [0.1, 0.15) is 31.2 Å². The highest BCUT2D eigenvalue weighted by Gasteiger charge is 2.61. The molecule has 0 bridgehead atoms. The lowest BCUT2D eigenvalue weighted by molar-refractivity contribution is -0.274. The van der Waals surface area contributed by atoms with Crippen molar-refractivity contribution in [2.75, 3.05) is 19.6 Å². The van der Waals surface area contributed by atoms with Crippen molar-refractivity contribution in [2.24, 2.45) is 0 Å². The summed E-state index contributed by atoms with van der Waals surface area (Å²) < 4.78 is 87.0. The Morgan fingerprint density at radius 3 is 1.81 bits per heavy atom. The van der Waals surface area contributed by atoms with E-state index in [9.17, 15) is 45.5 Å². The van der Waals surface area contributed by atoms with Gasteiger partial charge in [-0.3, -0.25) is 29.9 Å². The van der Waals surface area contributed by atoms with E-state index >= 15 is 0 Å². The molecule has 0 aliphatic carbocycles. The number of alkyl halides is 6. The Morgan fingerprint density at radius 2 is 1.28 bits per heavy atom. The van der Waals surface area contributed by atoms with Gasteiger partial charge in [-0.2, -0.15) is 13.2 Å². The molecule has 2 aromatic carbocycles. The van der Waals surface area contributed by atoms with Gasteiger partial charge >= 0.3 is 24.5 Å². The molecule has 1 atom stereocenters. The van der Waals surface area contributed by atoms with Crippen molar-refractivity contribution in [3.8, 4) is 17.2 Å². The molecule has 10 nitrogen and oxygen atoms in total. The molecule has 5 amide bonds. The van der Waals surface area contributed by atoms with Crippen LogP contribution in [0.5, 0.6) is 17.2 Å². The molecule has 43 heavy (non-hydrogen) atoms. The molecule has 3 heterocycles. The van der Waals surface area contributed by atoms with Crippen LogP contribution in [0.15, 0.2) is 48.5 Å². The second kappa shape index (κ2) is 10.7. The van der Waals surface area contributed by atoms with Gasteiger partial charge in [-0.05, 0) is 67.6 Å². The zero-order chi connectivity index (χ0) is 31.2. The third kappa shape index (κ3) is 5.70. The van der Waals surface area contributed by atoms with Crippen LogP contribution in [-0.4, -0.2) is 71.3 Å². The van der Waals surface area contributed by atoms with Crippen molar-refractivity contribution in [3.05, 3.63) is 54.1 Å². The van der Waals surface area contributed by atoms with Crippen LogP contribution in [0.3, 0.4) is 0 Å². The van der Waals surface area contributed by atoms with Gasteiger partial charge < -0.3 is 14.4 Å². The summed E-state index contributed by atoms with van der Waals surface area (Å²) in [4.78, 5) is 53.5. The number of ether oxygens (including phenoxy) is 2. The lowest BCUT2D eigenvalue weighted by atomic mass is 9.78. The predicted octanol–water partition coefficient (Wildman–Crippen LogP) is 3.96. The summed E-state index contributed by atoms with van der Waals surface area (Å²) in [5.41, 5.74) is -3.39. The second-order valence-corrected chi connectivity index (χ2v) is 10.4. The minimum absolute atomic E-state index is 0.0695. The summed E-state index contributed by atoms with van der Waals surface area (Å²) in [6, 6.07) is 8.96. The number of benzene rings is 2. The number of nitrogens with zero attached hydrogens (tertiary/aromatic N) is 2. The first kappa shape index (κ1) is 30.1. The topological polar surface area (TPSA) is 117 Å². The Hall–Kier alpha value is -4.34. The fourth-order valence-electron chi connectivity index (χ4n) is 6.09. The number of hydrogen-bond donors (Lipinski definition) is 2. The van der Waals surface area contributed by atoms with Crippen molar-refractivity contribution in [1.82, 2.24) is 20.4 Å². The number of imide groups is 2. The number of piperidine rings is 1. The fourth-order valence-corrected chi connectivity index (χ4v) is 6.09. The van der Waals surface area contributed by atoms with E-state index in [0.717, 1.165) is 17.0 Å². The molecular weight excluding hydrogens is 590 g/mol. The molecule has 2 aromatic rings. The van der Waals surface area contributed by atoms with Crippen molar-refractivity contribution in [3.63, 3.8) is 0 Å². The summed E-state index contributed by atoms with van der Waals surface area (Å²) in [6.45, 7) is -0.282. The lowest BCUT2D eigenvalue weighted by Gasteiger charge is -2.52. The van der Waals surface area contributed by atoms with Crippen LogP contribution in [0.2, 0.25) is 0 Å². The minimum atomic E-state index is -5.11. The first-order valence-electron chi connectivity index (χ1n) is 13.1. The number of urea groups is 1. The summed E-state index contributed by atoms with van der Waals surface area (Å²) in [5.74, 6) is -4.17. The Labute approximate surface area is 239 Å². The van der Waals surface area contributed by atoms with Crippen LogP contribution >= 0.6 is 0 Å². The highest BCUT2D eigenvalue weighted by atomic mass is 19.4. The highest BCUT2D eigenvalue weighted by Crippen LogP contribution is 2.44. The average Bonchev–Trinajstić information content (AvgIpc) is 3.30. The molecule has 0 aromatic heterocycles. The van der Waals surface area contributed by atoms with E-state index < -0.39 is 53.1 Å². The van der Waals surface area contributed by atoms with Crippen LogP contribution in [0.4, 0.5) is 31.1 Å². The number of likely N-dealkylation sites (tertiary alicyclic amines) is 2. The molecule has 1 unspecified atom stereocenters. The number of carbonyl (C=O) groups is 4. The number of nitrogens with one attached hydrogen (secondary N) is 2. The SMILES string of the molecule is O=C1NC(=O)C(c2ccc(Oc3ccc(OC(F)(F)F)cc3)cc2)(N2CCCC3(CCCN3C(=O)C(F)(F)F)C2)C(=O)N1. The summed E-state index contributed by atoms with van der Waals surface area (Å²) in [7, 11) is 0. The number of amides is 5. The average molecular weight is 614 g/mol. The molecule has 0 saturated carbocycles. The van der Waals surface area contributed by atoms with Gasteiger partial charge in [-0.25, -0.2) is 4.79 Å². The first-order valence-corrected chi connectivity index (χ1v) is 13.1. The van der Waals surface area contributed by atoms with Crippen LogP contribution in [0, 0.1) is 0 Å². The van der Waals surface area contributed by atoms with Crippen molar-refractivity contribution in [1.29, 1.82) is 0 Å². The monoisotopic (exact) mass is 614 g/mol.